The van der Waals surface area contributed by atoms with Crippen LogP contribution in [0.5, 0.6) is 0 Å². The second-order valence-corrected chi connectivity index (χ2v) is 3.60. The molecule has 0 aromatic carbocycles. The van der Waals surface area contributed by atoms with E-state index in [1.807, 2.05) is 6.08 Å². The SMILES string of the molecule is O=c1cc[nH]c2c1=CCCC=2P. The van der Waals surface area contributed by atoms with E-state index in [4.69, 9.17) is 0 Å². The molecule has 0 saturated carbocycles. The highest BCUT2D eigenvalue weighted by atomic mass is 31.0. The van der Waals surface area contributed by atoms with Gasteiger partial charge in [0.25, 0.3) is 0 Å². The van der Waals surface area contributed by atoms with Gasteiger partial charge in [-0.05, 0) is 18.2 Å². The Bertz CT molecular complexity index is 472. The number of aromatic nitrogens is 1. The Kier molecular flexibility index (Phi) is 1.86. The van der Waals surface area contributed by atoms with Gasteiger partial charge in [-0.25, -0.2) is 0 Å². The Labute approximate surface area is 72.2 Å². The van der Waals surface area contributed by atoms with Gasteiger partial charge in [0.2, 0.25) is 0 Å². The molecule has 12 heavy (non-hydrogen) atoms. The molecule has 1 aliphatic rings. The molecule has 3 heteroatoms. The van der Waals surface area contributed by atoms with Crippen LogP contribution < -0.4 is 16.0 Å². The Morgan fingerprint density at radius 3 is 3.08 bits per heavy atom. The number of hydrogen-bond acceptors (Lipinski definition) is 1. The fraction of sp³-hybridized carbons (Fsp3) is 0.222. The van der Waals surface area contributed by atoms with Crippen molar-refractivity contribution < 1.29 is 0 Å². The molecule has 0 bridgehead atoms. The summed E-state index contributed by atoms with van der Waals surface area (Å²) in [6.45, 7) is 0. The van der Waals surface area contributed by atoms with Gasteiger partial charge >= 0.3 is 0 Å². The molecule has 2 nitrogen and oxygen atoms in total. The molecule has 1 aromatic rings. The van der Waals surface area contributed by atoms with Crippen LogP contribution in [0.15, 0.2) is 17.1 Å². The van der Waals surface area contributed by atoms with Crippen LogP contribution >= 0.6 is 9.24 Å². The zero-order valence-corrected chi connectivity index (χ0v) is 7.79. The molecule has 62 valence electrons. The minimum absolute atomic E-state index is 0.114. The first-order valence-corrected chi connectivity index (χ1v) is 4.53. The molecule has 1 atom stereocenters. The number of nitrogens with one attached hydrogen (secondary N) is 1. The van der Waals surface area contributed by atoms with Crippen molar-refractivity contribution in [1.29, 1.82) is 0 Å². The lowest BCUT2D eigenvalue weighted by atomic mass is 10.1. The van der Waals surface area contributed by atoms with Crippen molar-refractivity contribution in [1.82, 2.24) is 4.98 Å². The summed E-state index contributed by atoms with van der Waals surface area (Å²) in [5.74, 6) is 0. The van der Waals surface area contributed by atoms with Crippen LogP contribution in [0, 0.1) is 0 Å². The summed E-state index contributed by atoms with van der Waals surface area (Å²) < 4.78 is 0. The number of hydrogen-bond donors (Lipinski definition) is 1. The Morgan fingerprint density at radius 2 is 2.33 bits per heavy atom. The van der Waals surface area contributed by atoms with Gasteiger partial charge in [0.1, 0.15) is 0 Å². The van der Waals surface area contributed by atoms with Crippen molar-refractivity contribution in [2.75, 3.05) is 0 Å². The van der Waals surface area contributed by atoms with Crippen molar-refractivity contribution >= 4 is 20.6 Å². The van der Waals surface area contributed by atoms with E-state index in [0.717, 1.165) is 23.4 Å². The molecule has 1 N–H and O–H groups in total. The van der Waals surface area contributed by atoms with E-state index in [-0.39, 0.29) is 5.43 Å². The monoisotopic (exact) mass is 179 g/mol. The molecule has 1 heterocycles. The van der Waals surface area contributed by atoms with Gasteiger partial charge in [-0.2, -0.15) is 0 Å². The van der Waals surface area contributed by atoms with E-state index in [1.165, 1.54) is 5.31 Å². The van der Waals surface area contributed by atoms with Gasteiger partial charge in [0, 0.05) is 17.5 Å². The van der Waals surface area contributed by atoms with Crippen LogP contribution in [-0.2, 0) is 0 Å². The average Bonchev–Trinajstić information content (AvgIpc) is 2.07. The van der Waals surface area contributed by atoms with Crippen LogP contribution in [0.3, 0.4) is 0 Å². The molecule has 1 aromatic heterocycles. The van der Waals surface area contributed by atoms with Gasteiger partial charge in [-0.3, -0.25) is 4.79 Å². The Balaban J connectivity index is 3.03. The third-order valence-corrected chi connectivity index (χ3v) is 2.66. The quantitative estimate of drug-likeness (QED) is 0.556. The lowest BCUT2D eigenvalue weighted by Crippen LogP contribution is -2.42. The van der Waals surface area contributed by atoms with Gasteiger partial charge in [0.05, 0.1) is 5.35 Å². The summed E-state index contributed by atoms with van der Waals surface area (Å²) >= 11 is 0. The molecule has 0 radical (unpaired) electrons. The third-order valence-electron chi connectivity index (χ3n) is 2.08. The van der Waals surface area contributed by atoms with Gasteiger partial charge in [-0.1, -0.05) is 6.08 Å². The Morgan fingerprint density at radius 1 is 1.50 bits per heavy atom. The van der Waals surface area contributed by atoms with Crippen LogP contribution in [0.25, 0.3) is 11.4 Å². The summed E-state index contributed by atoms with van der Waals surface area (Å²) in [7, 11) is 2.68. The number of aromatic amines is 1. The maximum Gasteiger partial charge on any atom is 0.189 e. The molecule has 1 aliphatic carbocycles. The first kappa shape index (κ1) is 7.75. The lowest BCUT2D eigenvalue weighted by Gasteiger charge is -2.03. The first-order chi connectivity index (χ1) is 5.79. The van der Waals surface area contributed by atoms with Gasteiger partial charge < -0.3 is 4.98 Å². The van der Waals surface area contributed by atoms with Crippen molar-refractivity contribution in [3.8, 4) is 0 Å². The van der Waals surface area contributed by atoms with Crippen LogP contribution in [0.2, 0.25) is 0 Å². The van der Waals surface area contributed by atoms with Crippen molar-refractivity contribution in [2.45, 2.75) is 12.8 Å². The molecule has 0 fully saturated rings. The van der Waals surface area contributed by atoms with Crippen molar-refractivity contribution in [3.05, 3.63) is 33.1 Å². The highest BCUT2D eigenvalue weighted by Crippen LogP contribution is 2.13. The highest BCUT2D eigenvalue weighted by molar-refractivity contribution is 7.30. The minimum Gasteiger partial charge on any atom is -0.361 e. The van der Waals surface area contributed by atoms with E-state index in [1.54, 1.807) is 12.3 Å². The first-order valence-electron chi connectivity index (χ1n) is 3.95. The normalized spacial score (nSPS) is 15.2. The largest absolute Gasteiger partial charge is 0.361 e. The fourth-order valence-electron chi connectivity index (χ4n) is 1.46. The van der Waals surface area contributed by atoms with E-state index >= 15 is 0 Å². The minimum atomic E-state index is 0.114. The molecule has 0 saturated heterocycles. The second-order valence-electron chi connectivity index (χ2n) is 2.90. The maximum absolute atomic E-state index is 11.3. The number of pyridine rings is 1. The van der Waals surface area contributed by atoms with E-state index in [9.17, 15) is 4.79 Å². The molecular weight excluding hydrogens is 169 g/mol. The molecule has 0 spiro atoms. The predicted molar refractivity (Wildman–Crippen MR) is 53.1 cm³/mol. The van der Waals surface area contributed by atoms with Crippen molar-refractivity contribution in [2.24, 2.45) is 0 Å². The van der Waals surface area contributed by atoms with Crippen molar-refractivity contribution in [3.63, 3.8) is 0 Å². The highest BCUT2D eigenvalue weighted by Gasteiger charge is 2.01. The topological polar surface area (TPSA) is 32.9 Å². The van der Waals surface area contributed by atoms with Crippen LogP contribution in [0.1, 0.15) is 12.8 Å². The lowest BCUT2D eigenvalue weighted by molar-refractivity contribution is 1.06. The average molecular weight is 179 g/mol. The van der Waals surface area contributed by atoms with Gasteiger partial charge in [0.15, 0.2) is 5.43 Å². The van der Waals surface area contributed by atoms with Crippen LogP contribution in [-0.4, -0.2) is 4.98 Å². The summed E-state index contributed by atoms with van der Waals surface area (Å²) in [5, 5.41) is 3.01. The summed E-state index contributed by atoms with van der Waals surface area (Å²) in [6, 6.07) is 1.57. The van der Waals surface area contributed by atoms with Crippen LogP contribution in [0.4, 0.5) is 0 Å². The third kappa shape index (κ3) is 1.12. The predicted octanol–water partition coefficient (Wildman–Crippen LogP) is -0.0675. The maximum atomic E-state index is 11.3. The van der Waals surface area contributed by atoms with Gasteiger partial charge in [-0.15, -0.1) is 9.24 Å². The summed E-state index contributed by atoms with van der Waals surface area (Å²) in [4.78, 5) is 14.4. The molecule has 2 rings (SSSR count). The zero-order chi connectivity index (χ0) is 8.55. The molecule has 0 amide bonds. The fourth-order valence-corrected chi connectivity index (χ4v) is 1.86. The molecule has 0 aliphatic heterocycles. The molecular formula is C9H10NOP. The summed E-state index contributed by atoms with van der Waals surface area (Å²) in [5.41, 5.74) is 0.114. The molecule has 1 unspecified atom stereocenters. The Hall–Kier alpha value is -0.880. The zero-order valence-electron chi connectivity index (χ0n) is 6.63. The van der Waals surface area contributed by atoms with E-state index < -0.39 is 0 Å². The standard InChI is InChI=1S/C9H10NOP/c11-7-4-5-10-9-6(7)2-1-3-8(9)12/h2,4-5,10H,1,3,12H2. The van der Waals surface area contributed by atoms with E-state index in [0.29, 0.717) is 0 Å². The summed E-state index contributed by atoms with van der Waals surface area (Å²) in [6.07, 6.45) is 5.70. The second kappa shape index (κ2) is 2.87. The number of H-pyrrole nitrogens is 1. The number of rotatable bonds is 0. The number of fused-ring (bicyclic) bond motifs is 1. The smallest absolute Gasteiger partial charge is 0.189 e. The van der Waals surface area contributed by atoms with E-state index in [2.05, 4.69) is 14.2 Å².